The minimum Gasteiger partial charge on any atom is -0.497 e. The Morgan fingerprint density at radius 3 is 2.67 bits per heavy atom. The molecule has 0 spiro atoms. The van der Waals surface area contributed by atoms with Gasteiger partial charge in [0, 0.05) is 12.6 Å². The van der Waals surface area contributed by atoms with Gasteiger partial charge in [0.25, 0.3) is 0 Å². The number of benzene rings is 1. The maximum atomic E-state index is 11.7. The van der Waals surface area contributed by atoms with Gasteiger partial charge in [0.05, 0.1) is 13.5 Å². The molecule has 1 aromatic carbocycles. The summed E-state index contributed by atoms with van der Waals surface area (Å²) in [4.78, 5) is 15.6. The van der Waals surface area contributed by atoms with E-state index in [0.717, 1.165) is 5.75 Å². The van der Waals surface area contributed by atoms with Crippen LogP contribution in [0.15, 0.2) is 28.8 Å². The van der Waals surface area contributed by atoms with Crippen LogP contribution in [0.1, 0.15) is 11.7 Å². The predicted octanol–water partition coefficient (Wildman–Crippen LogP) is 1.57. The fourth-order valence-corrected chi connectivity index (χ4v) is 1.44. The van der Waals surface area contributed by atoms with E-state index in [1.807, 2.05) is 0 Å². The number of nitrogens with one attached hydrogen (secondary N) is 1. The monoisotopic (exact) mass is 247 g/mol. The number of hydrogen-bond donors (Lipinski definition) is 1. The van der Waals surface area contributed by atoms with Crippen molar-refractivity contribution >= 4 is 11.6 Å². The second-order valence-electron chi connectivity index (χ2n) is 3.68. The molecule has 94 valence electrons. The standard InChI is InChI=1S/C12H13N3O3/c1-8-13-11(15-18-8)7-12(16)14-9-3-5-10(17-2)6-4-9/h3-6H,7H2,1-2H3,(H,14,16). The summed E-state index contributed by atoms with van der Waals surface area (Å²) in [5.74, 6) is 1.36. The maximum Gasteiger partial charge on any atom is 0.232 e. The Hall–Kier alpha value is -2.37. The normalized spacial score (nSPS) is 10.1. The van der Waals surface area contributed by atoms with Gasteiger partial charge < -0.3 is 14.6 Å². The number of carbonyl (C=O) groups is 1. The number of amides is 1. The maximum absolute atomic E-state index is 11.7. The molecule has 0 atom stereocenters. The lowest BCUT2D eigenvalue weighted by Gasteiger charge is -2.04. The van der Waals surface area contributed by atoms with E-state index in [2.05, 4.69) is 15.5 Å². The second-order valence-corrected chi connectivity index (χ2v) is 3.68. The Bertz CT molecular complexity index is 534. The van der Waals surface area contributed by atoms with E-state index >= 15 is 0 Å². The smallest absolute Gasteiger partial charge is 0.232 e. The summed E-state index contributed by atoms with van der Waals surface area (Å²) in [7, 11) is 1.59. The van der Waals surface area contributed by atoms with Crippen molar-refractivity contribution in [2.75, 3.05) is 12.4 Å². The summed E-state index contributed by atoms with van der Waals surface area (Å²) in [5.41, 5.74) is 0.695. The highest BCUT2D eigenvalue weighted by molar-refractivity contribution is 5.91. The van der Waals surface area contributed by atoms with Gasteiger partial charge in [-0.05, 0) is 24.3 Å². The first-order valence-electron chi connectivity index (χ1n) is 5.40. The van der Waals surface area contributed by atoms with E-state index in [-0.39, 0.29) is 12.3 Å². The van der Waals surface area contributed by atoms with Crippen LogP contribution in [-0.2, 0) is 11.2 Å². The van der Waals surface area contributed by atoms with Crippen molar-refractivity contribution in [2.45, 2.75) is 13.3 Å². The van der Waals surface area contributed by atoms with Crippen LogP contribution in [0.4, 0.5) is 5.69 Å². The van der Waals surface area contributed by atoms with Gasteiger partial charge in [-0.1, -0.05) is 5.16 Å². The third-order valence-corrected chi connectivity index (χ3v) is 2.26. The zero-order valence-corrected chi connectivity index (χ0v) is 10.1. The highest BCUT2D eigenvalue weighted by Crippen LogP contribution is 2.15. The molecule has 2 aromatic rings. The van der Waals surface area contributed by atoms with Gasteiger partial charge in [0.2, 0.25) is 11.8 Å². The summed E-state index contributed by atoms with van der Waals surface area (Å²) in [6.45, 7) is 1.68. The average molecular weight is 247 g/mol. The zero-order valence-electron chi connectivity index (χ0n) is 10.1. The van der Waals surface area contributed by atoms with E-state index in [0.29, 0.717) is 17.4 Å². The summed E-state index contributed by atoms with van der Waals surface area (Å²) in [6, 6.07) is 7.07. The van der Waals surface area contributed by atoms with Crippen LogP contribution in [0.2, 0.25) is 0 Å². The zero-order chi connectivity index (χ0) is 13.0. The number of ether oxygens (including phenoxy) is 1. The largest absolute Gasteiger partial charge is 0.497 e. The number of aryl methyl sites for hydroxylation is 1. The van der Waals surface area contributed by atoms with Crippen LogP contribution < -0.4 is 10.1 Å². The molecule has 0 unspecified atom stereocenters. The van der Waals surface area contributed by atoms with E-state index in [1.54, 1.807) is 38.3 Å². The van der Waals surface area contributed by atoms with Gasteiger partial charge in [-0.3, -0.25) is 4.79 Å². The molecule has 2 rings (SSSR count). The highest BCUT2D eigenvalue weighted by Gasteiger charge is 2.09. The Labute approximate surface area is 104 Å². The van der Waals surface area contributed by atoms with Gasteiger partial charge in [-0.25, -0.2) is 0 Å². The fraction of sp³-hybridized carbons (Fsp3) is 0.250. The van der Waals surface area contributed by atoms with Crippen molar-refractivity contribution in [3.63, 3.8) is 0 Å². The lowest BCUT2D eigenvalue weighted by molar-refractivity contribution is -0.115. The number of methoxy groups -OCH3 is 1. The van der Waals surface area contributed by atoms with Crippen molar-refractivity contribution in [1.29, 1.82) is 0 Å². The first-order valence-corrected chi connectivity index (χ1v) is 5.40. The molecular formula is C12H13N3O3. The highest BCUT2D eigenvalue weighted by atomic mass is 16.5. The molecule has 18 heavy (non-hydrogen) atoms. The van der Waals surface area contributed by atoms with Gasteiger partial charge in [0.1, 0.15) is 5.75 Å². The number of carbonyl (C=O) groups excluding carboxylic acids is 1. The first-order chi connectivity index (χ1) is 8.67. The van der Waals surface area contributed by atoms with Crippen molar-refractivity contribution in [3.8, 4) is 5.75 Å². The van der Waals surface area contributed by atoms with Gasteiger partial charge in [-0.2, -0.15) is 4.98 Å². The van der Waals surface area contributed by atoms with Crippen molar-refractivity contribution in [3.05, 3.63) is 36.0 Å². The molecule has 0 aliphatic carbocycles. The van der Waals surface area contributed by atoms with Crippen LogP contribution in [-0.4, -0.2) is 23.2 Å². The molecule has 0 bridgehead atoms. The molecule has 1 amide bonds. The minimum absolute atomic E-state index is 0.0867. The number of rotatable bonds is 4. The Balaban J connectivity index is 1.94. The Morgan fingerprint density at radius 2 is 2.11 bits per heavy atom. The van der Waals surface area contributed by atoms with Crippen LogP contribution in [0, 0.1) is 6.92 Å². The van der Waals surface area contributed by atoms with E-state index in [1.165, 1.54) is 0 Å². The van der Waals surface area contributed by atoms with Crippen molar-refractivity contribution in [1.82, 2.24) is 10.1 Å². The van der Waals surface area contributed by atoms with E-state index in [9.17, 15) is 4.79 Å². The number of hydrogen-bond acceptors (Lipinski definition) is 5. The number of nitrogens with zero attached hydrogens (tertiary/aromatic N) is 2. The van der Waals surface area contributed by atoms with E-state index < -0.39 is 0 Å². The van der Waals surface area contributed by atoms with E-state index in [4.69, 9.17) is 9.26 Å². The van der Waals surface area contributed by atoms with Crippen LogP contribution >= 0.6 is 0 Å². The predicted molar refractivity (Wildman–Crippen MR) is 64.4 cm³/mol. The molecule has 6 heteroatoms. The number of anilines is 1. The van der Waals surface area contributed by atoms with Crippen LogP contribution in [0.3, 0.4) is 0 Å². The van der Waals surface area contributed by atoms with Gasteiger partial charge in [0.15, 0.2) is 5.82 Å². The van der Waals surface area contributed by atoms with Crippen LogP contribution in [0.5, 0.6) is 5.75 Å². The first kappa shape index (κ1) is 12.1. The summed E-state index contributed by atoms with van der Waals surface area (Å²) in [5, 5.41) is 6.39. The molecule has 0 saturated carbocycles. The third-order valence-electron chi connectivity index (χ3n) is 2.26. The molecular weight excluding hydrogens is 234 g/mol. The summed E-state index contributed by atoms with van der Waals surface area (Å²) < 4.78 is 9.82. The number of aromatic nitrogens is 2. The molecule has 6 nitrogen and oxygen atoms in total. The van der Waals surface area contributed by atoms with Gasteiger partial charge in [-0.15, -0.1) is 0 Å². The Morgan fingerprint density at radius 1 is 1.39 bits per heavy atom. The van der Waals surface area contributed by atoms with Crippen molar-refractivity contribution in [2.24, 2.45) is 0 Å². The SMILES string of the molecule is COc1ccc(NC(=O)Cc2noc(C)n2)cc1. The second kappa shape index (κ2) is 5.31. The molecule has 0 radical (unpaired) electrons. The minimum atomic E-state index is -0.194. The quantitative estimate of drug-likeness (QED) is 0.887. The molecule has 0 aliphatic heterocycles. The molecule has 0 fully saturated rings. The summed E-state index contributed by atoms with van der Waals surface area (Å²) in [6.07, 6.45) is 0.0867. The third kappa shape index (κ3) is 3.07. The Kier molecular flexibility index (Phi) is 3.57. The van der Waals surface area contributed by atoms with Crippen molar-refractivity contribution < 1.29 is 14.1 Å². The van der Waals surface area contributed by atoms with Gasteiger partial charge >= 0.3 is 0 Å². The molecule has 1 heterocycles. The fourth-order valence-electron chi connectivity index (χ4n) is 1.44. The average Bonchev–Trinajstić information content (AvgIpc) is 2.75. The molecule has 0 saturated heterocycles. The lowest BCUT2D eigenvalue weighted by atomic mass is 10.3. The molecule has 1 aromatic heterocycles. The van der Waals surface area contributed by atoms with Crippen LogP contribution in [0.25, 0.3) is 0 Å². The lowest BCUT2D eigenvalue weighted by Crippen LogP contribution is -2.15. The molecule has 1 N–H and O–H groups in total. The topological polar surface area (TPSA) is 77.2 Å². The summed E-state index contributed by atoms with van der Waals surface area (Å²) >= 11 is 0. The molecule has 0 aliphatic rings.